The van der Waals surface area contributed by atoms with Crippen molar-refractivity contribution in [3.63, 3.8) is 0 Å². The van der Waals surface area contributed by atoms with Crippen LogP contribution in [0.15, 0.2) is 162 Å². The molecule has 6 aromatic carbocycles. The minimum atomic E-state index is 0.555. The van der Waals surface area contributed by atoms with Gasteiger partial charge < -0.3 is 4.42 Å². The molecule has 9 rings (SSSR count). The number of furan rings is 1. The van der Waals surface area contributed by atoms with Crippen molar-refractivity contribution in [2.24, 2.45) is 0 Å². The molecule has 0 aliphatic carbocycles. The molecule has 0 bridgehead atoms. The SMILES string of the molecule is c1ccc(-c2ccc(-c3ccc(-c4nc(-c5ccccc5)nc(-c5ccnc6oc7c8ccccc8ccc7c56)n4)cc3)cc2)cc1. The minimum Gasteiger partial charge on any atom is -0.437 e. The van der Waals surface area contributed by atoms with Gasteiger partial charge in [-0.25, -0.2) is 19.9 Å². The van der Waals surface area contributed by atoms with Crippen molar-refractivity contribution in [1.82, 2.24) is 19.9 Å². The van der Waals surface area contributed by atoms with Crippen LogP contribution < -0.4 is 0 Å². The lowest BCUT2D eigenvalue weighted by molar-refractivity contribution is 0.657. The van der Waals surface area contributed by atoms with E-state index >= 15 is 0 Å². The summed E-state index contributed by atoms with van der Waals surface area (Å²) in [6.07, 6.45) is 1.76. The van der Waals surface area contributed by atoms with E-state index in [1.165, 1.54) is 11.1 Å². The van der Waals surface area contributed by atoms with Gasteiger partial charge in [-0.15, -0.1) is 0 Å². The smallest absolute Gasteiger partial charge is 0.228 e. The highest BCUT2D eigenvalue weighted by Gasteiger charge is 2.19. The number of aromatic nitrogens is 4. The predicted molar refractivity (Wildman–Crippen MR) is 190 cm³/mol. The average Bonchev–Trinajstić information content (AvgIpc) is 3.55. The molecule has 3 heterocycles. The van der Waals surface area contributed by atoms with Gasteiger partial charge in [-0.3, -0.25) is 0 Å². The molecule has 0 aliphatic rings. The molecule has 0 saturated carbocycles. The molecule has 0 amide bonds. The standard InChI is InChI=1S/C42H26N4O/c1-3-9-27(10-4-1)28-15-17-29(18-16-28)30-19-21-33(22-20-30)40-44-39(32-12-5-2-6-13-32)45-41(46-40)36-25-26-43-42-37(36)35-24-23-31-11-7-8-14-34(31)38(35)47-42/h1-26H. The summed E-state index contributed by atoms with van der Waals surface area (Å²) in [5.74, 6) is 1.77. The van der Waals surface area contributed by atoms with Crippen LogP contribution in [0.5, 0.6) is 0 Å². The molecule has 0 unspecified atom stereocenters. The van der Waals surface area contributed by atoms with Crippen molar-refractivity contribution in [2.75, 3.05) is 0 Å². The van der Waals surface area contributed by atoms with Gasteiger partial charge in [0.05, 0.1) is 5.39 Å². The molecule has 0 radical (unpaired) electrons. The summed E-state index contributed by atoms with van der Waals surface area (Å²) in [5, 5.41) is 4.03. The molecule has 0 saturated heterocycles. The quantitative estimate of drug-likeness (QED) is 0.196. The third kappa shape index (κ3) is 4.82. The van der Waals surface area contributed by atoms with E-state index in [0.717, 1.165) is 54.9 Å². The van der Waals surface area contributed by atoms with Crippen LogP contribution in [0.4, 0.5) is 0 Å². The largest absolute Gasteiger partial charge is 0.437 e. The van der Waals surface area contributed by atoms with Gasteiger partial charge in [0.1, 0.15) is 5.58 Å². The van der Waals surface area contributed by atoms with Gasteiger partial charge in [-0.1, -0.05) is 140 Å². The fraction of sp³-hybridized carbons (Fsp3) is 0. The lowest BCUT2D eigenvalue weighted by Crippen LogP contribution is -2.00. The molecule has 9 aromatic rings. The van der Waals surface area contributed by atoms with Crippen molar-refractivity contribution >= 4 is 32.8 Å². The zero-order valence-corrected chi connectivity index (χ0v) is 25.2. The Bertz CT molecular complexity index is 2540. The summed E-state index contributed by atoms with van der Waals surface area (Å²) < 4.78 is 6.36. The van der Waals surface area contributed by atoms with E-state index in [1.54, 1.807) is 6.20 Å². The maximum Gasteiger partial charge on any atom is 0.228 e. The zero-order chi connectivity index (χ0) is 31.2. The predicted octanol–water partition coefficient (Wildman–Crippen LogP) is 10.7. The number of pyridine rings is 1. The van der Waals surface area contributed by atoms with Crippen LogP contribution in [0, 0.1) is 0 Å². The third-order valence-electron chi connectivity index (χ3n) is 8.64. The van der Waals surface area contributed by atoms with Gasteiger partial charge >= 0.3 is 0 Å². The van der Waals surface area contributed by atoms with Crippen LogP contribution in [-0.2, 0) is 0 Å². The molecule has 0 aliphatic heterocycles. The first-order valence-corrected chi connectivity index (χ1v) is 15.6. The molecule has 0 fully saturated rings. The van der Waals surface area contributed by atoms with E-state index in [2.05, 4.69) is 102 Å². The summed E-state index contributed by atoms with van der Waals surface area (Å²) in [4.78, 5) is 19.6. The third-order valence-corrected chi connectivity index (χ3v) is 8.64. The number of hydrogen-bond donors (Lipinski definition) is 0. The average molecular weight is 603 g/mol. The molecule has 5 heteroatoms. The molecule has 5 nitrogen and oxygen atoms in total. The lowest BCUT2D eigenvalue weighted by atomic mass is 9.99. The van der Waals surface area contributed by atoms with E-state index in [0.29, 0.717) is 23.2 Å². The Labute approximate surface area is 270 Å². The normalized spacial score (nSPS) is 11.4. The second kappa shape index (κ2) is 11.2. The van der Waals surface area contributed by atoms with Crippen molar-refractivity contribution in [2.45, 2.75) is 0 Å². The van der Waals surface area contributed by atoms with Crippen LogP contribution >= 0.6 is 0 Å². The van der Waals surface area contributed by atoms with Crippen molar-refractivity contribution in [1.29, 1.82) is 0 Å². The first-order valence-electron chi connectivity index (χ1n) is 15.6. The van der Waals surface area contributed by atoms with Crippen LogP contribution in [0.25, 0.3) is 89.3 Å². The topological polar surface area (TPSA) is 64.7 Å². The highest BCUT2D eigenvalue weighted by atomic mass is 16.3. The molecule has 220 valence electrons. The Kier molecular flexibility index (Phi) is 6.39. The van der Waals surface area contributed by atoms with Gasteiger partial charge in [0.15, 0.2) is 17.5 Å². The maximum atomic E-state index is 6.36. The molecule has 47 heavy (non-hydrogen) atoms. The van der Waals surface area contributed by atoms with Gasteiger partial charge in [0.2, 0.25) is 5.71 Å². The molecular weight excluding hydrogens is 576 g/mol. The minimum absolute atomic E-state index is 0.555. The summed E-state index contributed by atoms with van der Waals surface area (Å²) in [6, 6.07) is 51.9. The molecule has 0 atom stereocenters. The molecular formula is C42H26N4O. The van der Waals surface area contributed by atoms with E-state index in [4.69, 9.17) is 19.4 Å². The Balaban J connectivity index is 1.16. The van der Waals surface area contributed by atoms with E-state index < -0.39 is 0 Å². The lowest BCUT2D eigenvalue weighted by Gasteiger charge is -2.10. The van der Waals surface area contributed by atoms with Crippen LogP contribution in [0.2, 0.25) is 0 Å². The monoisotopic (exact) mass is 602 g/mol. The number of nitrogens with zero attached hydrogens (tertiary/aromatic N) is 4. The Morgan fingerprint density at radius 1 is 0.383 bits per heavy atom. The van der Waals surface area contributed by atoms with Crippen LogP contribution in [0.1, 0.15) is 0 Å². The number of benzene rings is 6. The summed E-state index contributed by atoms with van der Waals surface area (Å²) >= 11 is 0. The second-order valence-corrected chi connectivity index (χ2v) is 11.5. The zero-order valence-electron chi connectivity index (χ0n) is 25.2. The van der Waals surface area contributed by atoms with Crippen molar-refractivity contribution in [3.8, 4) is 56.4 Å². The number of fused-ring (bicyclic) bond motifs is 5. The van der Waals surface area contributed by atoms with Crippen LogP contribution in [0.3, 0.4) is 0 Å². The fourth-order valence-electron chi connectivity index (χ4n) is 6.25. The number of rotatable bonds is 5. The molecule has 0 spiro atoms. The molecule has 3 aromatic heterocycles. The van der Waals surface area contributed by atoms with Gasteiger partial charge in [-0.2, -0.15) is 0 Å². The van der Waals surface area contributed by atoms with Gasteiger partial charge in [-0.05, 0) is 39.8 Å². The number of hydrogen-bond acceptors (Lipinski definition) is 5. The maximum absolute atomic E-state index is 6.36. The molecule has 0 N–H and O–H groups in total. The Morgan fingerprint density at radius 2 is 0.894 bits per heavy atom. The Hall–Kier alpha value is -6.46. The van der Waals surface area contributed by atoms with Crippen LogP contribution in [-0.4, -0.2) is 19.9 Å². The van der Waals surface area contributed by atoms with Gasteiger partial charge in [0, 0.05) is 33.7 Å². The van der Waals surface area contributed by atoms with E-state index in [1.807, 2.05) is 54.6 Å². The van der Waals surface area contributed by atoms with Crippen molar-refractivity contribution < 1.29 is 4.42 Å². The first-order chi connectivity index (χ1) is 23.3. The summed E-state index contributed by atoms with van der Waals surface area (Å²) in [5.41, 5.74) is 8.71. The Morgan fingerprint density at radius 3 is 1.55 bits per heavy atom. The second-order valence-electron chi connectivity index (χ2n) is 11.5. The van der Waals surface area contributed by atoms with E-state index in [-0.39, 0.29) is 0 Å². The van der Waals surface area contributed by atoms with E-state index in [9.17, 15) is 0 Å². The highest BCUT2D eigenvalue weighted by Crippen LogP contribution is 2.38. The summed E-state index contributed by atoms with van der Waals surface area (Å²) in [7, 11) is 0. The van der Waals surface area contributed by atoms with Gasteiger partial charge in [0.25, 0.3) is 0 Å². The summed E-state index contributed by atoms with van der Waals surface area (Å²) in [6.45, 7) is 0. The highest BCUT2D eigenvalue weighted by molar-refractivity contribution is 6.17. The van der Waals surface area contributed by atoms with Crippen molar-refractivity contribution in [3.05, 3.63) is 158 Å². The first kappa shape index (κ1) is 26.9. The fourth-order valence-corrected chi connectivity index (χ4v) is 6.25.